The molecule has 0 amide bonds. The quantitative estimate of drug-likeness (QED) is 0.834. The fourth-order valence-electron chi connectivity index (χ4n) is 1.87. The van der Waals surface area contributed by atoms with E-state index in [0.717, 1.165) is 49.1 Å². The summed E-state index contributed by atoms with van der Waals surface area (Å²) in [5.41, 5.74) is 0.931. The highest BCUT2D eigenvalue weighted by molar-refractivity contribution is 6.31. The van der Waals surface area contributed by atoms with E-state index < -0.39 is 0 Å². The first kappa shape index (κ1) is 12.4. The molecule has 0 aliphatic carbocycles. The fourth-order valence-corrected chi connectivity index (χ4v) is 2.04. The Morgan fingerprint density at radius 1 is 1.41 bits per heavy atom. The lowest BCUT2D eigenvalue weighted by Gasteiger charge is -2.25. The van der Waals surface area contributed by atoms with Crippen LogP contribution < -0.4 is 10.2 Å². The van der Waals surface area contributed by atoms with Crippen LogP contribution in [0.5, 0.6) is 0 Å². The van der Waals surface area contributed by atoms with Gasteiger partial charge in [0.2, 0.25) is 0 Å². The molecule has 0 spiro atoms. The zero-order valence-corrected chi connectivity index (χ0v) is 10.9. The van der Waals surface area contributed by atoms with Crippen molar-refractivity contribution in [1.82, 2.24) is 10.3 Å². The third-order valence-electron chi connectivity index (χ3n) is 2.83. The van der Waals surface area contributed by atoms with E-state index in [-0.39, 0.29) is 0 Å². The molecule has 1 N–H and O–H groups in total. The number of nitrogens with zero attached hydrogens (tertiary/aromatic N) is 2. The lowest BCUT2D eigenvalue weighted by Crippen LogP contribution is -2.28. The highest BCUT2D eigenvalue weighted by Crippen LogP contribution is 2.20. The van der Waals surface area contributed by atoms with E-state index in [1.807, 2.05) is 12.1 Å². The third-order valence-corrected chi connectivity index (χ3v) is 3.17. The smallest absolute Gasteiger partial charge is 0.129 e. The molecule has 0 unspecified atom stereocenters. The Bertz CT molecular complexity index is 404. The van der Waals surface area contributed by atoms with Gasteiger partial charge in [0, 0.05) is 19.6 Å². The standard InChI is InChI=1S/C13H18ClN3/c1-2-15-10-12-11(14)6-7-13(16-12)17-8-4-3-5-9-17/h3-4,6-7,15H,2,5,8-10H2,1H3. The van der Waals surface area contributed by atoms with Crippen molar-refractivity contribution >= 4 is 17.4 Å². The summed E-state index contributed by atoms with van der Waals surface area (Å²) in [5, 5.41) is 3.99. The molecule has 0 aromatic carbocycles. The Morgan fingerprint density at radius 3 is 3.00 bits per heavy atom. The van der Waals surface area contributed by atoms with Crippen molar-refractivity contribution in [3.05, 3.63) is 35.0 Å². The molecule has 0 saturated heterocycles. The summed E-state index contributed by atoms with van der Waals surface area (Å²) in [6.45, 7) is 5.70. The van der Waals surface area contributed by atoms with Crippen LogP contribution in [0.2, 0.25) is 5.02 Å². The van der Waals surface area contributed by atoms with Crippen LogP contribution in [0.4, 0.5) is 5.82 Å². The molecular formula is C13H18ClN3. The first-order valence-electron chi connectivity index (χ1n) is 6.07. The zero-order valence-electron chi connectivity index (χ0n) is 10.1. The lowest BCUT2D eigenvalue weighted by atomic mass is 10.2. The molecule has 92 valence electrons. The number of anilines is 1. The van der Waals surface area contributed by atoms with Gasteiger partial charge in [0.25, 0.3) is 0 Å². The van der Waals surface area contributed by atoms with Gasteiger partial charge in [-0.25, -0.2) is 4.98 Å². The SMILES string of the molecule is CCNCc1nc(N2CC=CCC2)ccc1Cl. The lowest BCUT2D eigenvalue weighted by molar-refractivity contribution is 0.706. The van der Waals surface area contributed by atoms with E-state index in [9.17, 15) is 0 Å². The summed E-state index contributed by atoms with van der Waals surface area (Å²) >= 11 is 6.14. The fraction of sp³-hybridized carbons (Fsp3) is 0.462. The summed E-state index contributed by atoms with van der Waals surface area (Å²) in [7, 11) is 0. The minimum absolute atomic E-state index is 0.729. The first-order valence-corrected chi connectivity index (χ1v) is 6.45. The minimum Gasteiger partial charge on any atom is -0.353 e. The number of halogens is 1. The molecule has 0 fully saturated rings. The molecule has 0 saturated carbocycles. The first-order chi connectivity index (χ1) is 8.31. The van der Waals surface area contributed by atoms with Gasteiger partial charge in [-0.15, -0.1) is 0 Å². The van der Waals surface area contributed by atoms with Gasteiger partial charge in [0.05, 0.1) is 10.7 Å². The Kier molecular flexibility index (Phi) is 4.40. The van der Waals surface area contributed by atoms with Crippen molar-refractivity contribution in [2.45, 2.75) is 19.9 Å². The molecular weight excluding hydrogens is 234 g/mol. The summed E-state index contributed by atoms with van der Waals surface area (Å²) in [4.78, 5) is 6.90. The second-order valence-corrected chi connectivity index (χ2v) is 4.49. The molecule has 2 heterocycles. The van der Waals surface area contributed by atoms with Gasteiger partial charge in [0.1, 0.15) is 5.82 Å². The second kappa shape index (κ2) is 6.03. The predicted octanol–water partition coefficient (Wildman–Crippen LogP) is 2.61. The maximum absolute atomic E-state index is 6.14. The third kappa shape index (κ3) is 3.20. The predicted molar refractivity (Wildman–Crippen MR) is 72.6 cm³/mol. The maximum atomic E-state index is 6.14. The van der Waals surface area contributed by atoms with E-state index in [1.54, 1.807) is 0 Å². The van der Waals surface area contributed by atoms with Gasteiger partial charge in [-0.1, -0.05) is 30.7 Å². The molecule has 1 aromatic heterocycles. The van der Waals surface area contributed by atoms with Gasteiger partial charge in [-0.2, -0.15) is 0 Å². The zero-order chi connectivity index (χ0) is 12.1. The molecule has 1 aliphatic rings. The van der Waals surface area contributed by atoms with Crippen molar-refractivity contribution in [1.29, 1.82) is 0 Å². The van der Waals surface area contributed by atoms with Gasteiger partial charge in [-0.3, -0.25) is 0 Å². The highest BCUT2D eigenvalue weighted by atomic mass is 35.5. The average Bonchev–Trinajstić information content (AvgIpc) is 2.39. The van der Waals surface area contributed by atoms with Crippen molar-refractivity contribution in [2.75, 3.05) is 24.5 Å². The maximum Gasteiger partial charge on any atom is 0.129 e. The van der Waals surface area contributed by atoms with Crippen LogP contribution in [0.3, 0.4) is 0 Å². The molecule has 17 heavy (non-hydrogen) atoms. The molecule has 2 rings (SSSR count). The number of pyridine rings is 1. The van der Waals surface area contributed by atoms with Crippen molar-refractivity contribution in [3.63, 3.8) is 0 Å². The summed E-state index contributed by atoms with van der Waals surface area (Å²) in [6.07, 6.45) is 5.49. The van der Waals surface area contributed by atoms with Gasteiger partial charge in [-0.05, 0) is 25.1 Å². The Balaban J connectivity index is 2.14. The largest absolute Gasteiger partial charge is 0.353 e. The van der Waals surface area contributed by atoms with Crippen molar-refractivity contribution < 1.29 is 0 Å². The van der Waals surface area contributed by atoms with Crippen LogP contribution in [-0.2, 0) is 6.54 Å². The molecule has 0 bridgehead atoms. The van der Waals surface area contributed by atoms with E-state index in [1.165, 1.54) is 0 Å². The number of hydrogen-bond acceptors (Lipinski definition) is 3. The molecule has 1 aromatic rings. The van der Waals surface area contributed by atoms with Crippen LogP contribution in [-0.4, -0.2) is 24.6 Å². The number of hydrogen-bond donors (Lipinski definition) is 1. The molecule has 0 atom stereocenters. The topological polar surface area (TPSA) is 28.2 Å². The molecule has 3 nitrogen and oxygen atoms in total. The summed E-state index contributed by atoms with van der Waals surface area (Å²) in [5.74, 6) is 1.02. The Labute approximate surface area is 107 Å². The Hall–Kier alpha value is -1.06. The van der Waals surface area contributed by atoms with Gasteiger partial charge in [0.15, 0.2) is 0 Å². The summed E-state index contributed by atoms with van der Waals surface area (Å²) in [6, 6.07) is 3.94. The normalized spacial score (nSPS) is 15.3. The van der Waals surface area contributed by atoms with Crippen LogP contribution >= 0.6 is 11.6 Å². The van der Waals surface area contributed by atoms with Crippen LogP contribution in [0, 0.1) is 0 Å². The van der Waals surface area contributed by atoms with E-state index >= 15 is 0 Å². The number of aromatic nitrogens is 1. The minimum atomic E-state index is 0.729. The van der Waals surface area contributed by atoms with E-state index in [4.69, 9.17) is 11.6 Å². The Morgan fingerprint density at radius 2 is 2.29 bits per heavy atom. The van der Waals surface area contributed by atoms with Crippen LogP contribution in [0.15, 0.2) is 24.3 Å². The second-order valence-electron chi connectivity index (χ2n) is 4.08. The van der Waals surface area contributed by atoms with E-state index in [2.05, 4.69) is 34.3 Å². The van der Waals surface area contributed by atoms with E-state index in [0.29, 0.717) is 0 Å². The molecule has 1 aliphatic heterocycles. The molecule has 0 radical (unpaired) electrons. The van der Waals surface area contributed by atoms with Crippen molar-refractivity contribution in [2.24, 2.45) is 0 Å². The summed E-state index contributed by atoms with van der Waals surface area (Å²) < 4.78 is 0. The monoisotopic (exact) mass is 251 g/mol. The van der Waals surface area contributed by atoms with Gasteiger partial charge < -0.3 is 10.2 Å². The van der Waals surface area contributed by atoms with Crippen molar-refractivity contribution in [3.8, 4) is 0 Å². The number of nitrogens with one attached hydrogen (secondary N) is 1. The van der Waals surface area contributed by atoms with Crippen LogP contribution in [0.1, 0.15) is 19.0 Å². The van der Waals surface area contributed by atoms with Gasteiger partial charge >= 0.3 is 0 Å². The van der Waals surface area contributed by atoms with Crippen LogP contribution in [0.25, 0.3) is 0 Å². The molecule has 4 heteroatoms. The number of rotatable bonds is 4. The average molecular weight is 252 g/mol. The highest BCUT2D eigenvalue weighted by Gasteiger charge is 2.10.